The normalized spacial score (nSPS) is 17.0. The number of hydrogen-bond donors (Lipinski definition) is 3. The molecule has 2 saturated heterocycles. The second kappa shape index (κ2) is 22.7. The fourth-order valence-corrected chi connectivity index (χ4v) is 9.99. The molecule has 0 spiro atoms. The highest BCUT2D eigenvalue weighted by Gasteiger charge is 2.50. The Hall–Kier alpha value is -6.55. The minimum atomic E-state index is -0.966. The number of aryl methyl sites for hydroxylation is 2. The summed E-state index contributed by atoms with van der Waals surface area (Å²) in [6.45, 7) is 21.6. The van der Waals surface area contributed by atoms with Gasteiger partial charge in [0.2, 0.25) is 17.7 Å². The van der Waals surface area contributed by atoms with Gasteiger partial charge in [0.25, 0.3) is 5.91 Å². The topological polar surface area (TPSA) is 167 Å². The number of thiocarbonyl (C=S) groups is 1. The van der Waals surface area contributed by atoms with E-state index in [1.807, 2.05) is 138 Å². The van der Waals surface area contributed by atoms with Gasteiger partial charge in [0, 0.05) is 44.1 Å². The first-order chi connectivity index (χ1) is 33.9. The lowest BCUT2D eigenvalue weighted by atomic mass is 9.85. The molecule has 3 heterocycles. The molecule has 17 heteroatoms. The Morgan fingerprint density at radius 1 is 0.930 bits per heavy atom. The lowest BCUT2D eigenvalue weighted by Gasteiger charge is -2.35. The van der Waals surface area contributed by atoms with Crippen LogP contribution in [0.1, 0.15) is 64.3 Å². The van der Waals surface area contributed by atoms with Gasteiger partial charge < -0.3 is 39.8 Å². The summed E-state index contributed by atoms with van der Waals surface area (Å²) >= 11 is 7.44. The van der Waals surface area contributed by atoms with Crippen molar-refractivity contribution in [3.05, 3.63) is 125 Å². The quantitative estimate of drug-likeness (QED) is 0.0415. The summed E-state index contributed by atoms with van der Waals surface area (Å²) in [5.41, 5.74) is 7.69. The van der Waals surface area contributed by atoms with Gasteiger partial charge in [-0.2, -0.15) is 0 Å². The molecule has 0 saturated carbocycles. The number of aromatic nitrogens is 1. The Morgan fingerprint density at radius 2 is 1.63 bits per heavy atom. The van der Waals surface area contributed by atoms with E-state index < -0.39 is 41.0 Å². The lowest BCUT2D eigenvalue weighted by Crippen LogP contribution is -2.58. The van der Waals surface area contributed by atoms with E-state index in [9.17, 15) is 24.3 Å². The second-order valence-corrected chi connectivity index (χ2v) is 20.5. The third-order valence-corrected chi connectivity index (χ3v) is 13.9. The van der Waals surface area contributed by atoms with Crippen LogP contribution in [0.15, 0.2) is 96.5 Å². The summed E-state index contributed by atoms with van der Waals surface area (Å²) in [5, 5.41) is 16.7. The van der Waals surface area contributed by atoms with Gasteiger partial charge in [-0.05, 0) is 116 Å². The van der Waals surface area contributed by atoms with Crippen LogP contribution in [0.3, 0.4) is 0 Å². The van der Waals surface area contributed by atoms with Crippen LogP contribution in [0.4, 0.5) is 17.1 Å². The molecule has 1 aromatic heterocycles. The molecule has 2 fully saturated rings. The van der Waals surface area contributed by atoms with Crippen molar-refractivity contribution in [1.82, 2.24) is 20.5 Å². The number of nitrogens with one attached hydrogen (secondary N) is 2. The van der Waals surface area contributed by atoms with Crippen molar-refractivity contribution in [3.8, 4) is 27.3 Å². The maximum absolute atomic E-state index is 14.0. The van der Waals surface area contributed by atoms with Crippen LogP contribution < -0.4 is 25.2 Å². The number of likely N-dealkylation sites (tertiary alicyclic amines) is 1. The number of amides is 4. The molecular formula is C54H61N7O8S2. The average Bonchev–Trinajstić information content (AvgIpc) is 4.01. The van der Waals surface area contributed by atoms with E-state index >= 15 is 0 Å². The average molecular weight is 1000 g/mol. The number of carbonyl (C=O) groups excluding carboxylic acids is 4. The number of thiazole rings is 1. The Morgan fingerprint density at radius 3 is 2.31 bits per heavy atom. The van der Waals surface area contributed by atoms with E-state index in [0.717, 1.165) is 44.1 Å². The van der Waals surface area contributed by atoms with Gasteiger partial charge in [0.15, 0.2) is 10.8 Å². The van der Waals surface area contributed by atoms with Crippen LogP contribution >= 0.6 is 23.6 Å². The summed E-state index contributed by atoms with van der Waals surface area (Å²) in [6.07, 6.45) is -0.254. The Bertz CT molecular complexity index is 2780. The summed E-state index contributed by atoms with van der Waals surface area (Å²) in [6, 6.07) is 26.9. The fourth-order valence-electron chi connectivity index (χ4n) is 8.66. The molecule has 7 rings (SSSR count). The summed E-state index contributed by atoms with van der Waals surface area (Å²) in [5.74, 6) is -0.757. The van der Waals surface area contributed by atoms with E-state index in [1.165, 1.54) is 9.80 Å². The Balaban J connectivity index is 0.813. The van der Waals surface area contributed by atoms with E-state index in [2.05, 4.69) is 20.5 Å². The van der Waals surface area contributed by atoms with E-state index in [-0.39, 0.29) is 44.5 Å². The first-order valence-electron chi connectivity index (χ1n) is 23.6. The van der Waals surface area contributed by atoms with Gasteiger partial charge in [-0.25, -0.2) is 9.83 Å². The molecule has 3 N–H and O–H groups in total. The SMILES string of the molecule is [C-]#[N+]c1ccc(N2C(=O)C(C)(C)N(c3ccc(-c4cccc(OCCOCCCOCC(=O)N[C@H](C(=O)N5C[C@H](O)C[C@H]5C(=O)NCc5ccc(-c6scnc6C)cc5)C(C)(C)C)c4)cc3)C2=S)cc1C. The molecule has 4 aromatic carbocycles. The van der Waals surface area contributed by atoms with Crippen LogP contribution in [-0.2, 0) is 35.2 Å². The zero-order chi connectivity index (χ0) is 51.0. The van der Waals surface area contributed by atoms with Crippen molar-refractivity contribution < 1.29 is 38.5 Å². The van der Waals surface area contributed by atoms with Crippen molar-refractivity contribution >= 4 is 69.4 Å². The number of ether oxygens (including phenoxy) is 3. The van der Waals surface area contributed by atoms with Crippen molar-refractivity contribution in [2.75, 3.05) is 49.4 Å². The highest BCUT2D eigenvalue weighted by Crippen LogP contribution is 2.39. The number of rotatable bonds is 19. The van der Waals surface area contributed by atoms with E-state index in [4.69, 9.17) is 33.0 Å². The zero-order valence-corrected chi connectivity index (χ0v) is 42.8. The molecule has 5 aromatic rings. The molecule has 2 aliphatic rings. The number of nitrogens with zero attached hydrogens (tertiary/aromatic N) is 5. The number of anilines is 2. The van der Waals surface area contributed by atoms with Crippen LogP contribution in [-0.4, -0.2) is 107 Å². The summed E-state index contributed by atoms with van der Waals surface area (Å²) < 4.78 is 17.4. The molecule has 15 nitrogen and oxygen atoms in total. The molecular weight excluding hydrogens is 939 g/mol. The predicted molar refractivity (Wildman–Crippen MR) is 279 cm³/mol. The fraction of sp³-hybridized carbons (Fsp3) is 0.389. The number of carbonyl (C=O) groups is 4. The molecule has 4 amide bonds. The maximum atomic E-state index is 14.0. The van der Waals surface area contributed by atoms with Crippen LogP contribution in [0, 0.1) is 25.8 Å². The molecule has 2 aliphatic heterocycles. The largest absolute Gasteiger partial charge is 0.491 e. The third kappa shape index (κ3) is 12.3. The highest BCUT2D eigenvalue weighted by atomic mass is 32.1. The van der Waals surface area contributed by atoms with Crippen molar-refractivity contribution in [2.24, 2.45) is 5.41 Å². The maximum Gasteiger partial charge on any atom is 0.259 e. The van der Waals surface area contributed by atoms with Crippen LogP contribution in [0.5, 0.6) is 5.75 Å². The molecule has 0 unspecified atom stereocenters. The predicted octanol–water partition coefficient (Wildman–Crippen LogP) is 8.17. The molecule has 0 bridgehead atoms. The number of aliphatic hydroxyl groups is 1. The zero-order valence-electron chi connectivity index (χ0n) is 41.2. The van der Waals surface area contributed by atoms with Crippen molar-refractivity contribution in [1.29, 1.82) is 0 Å². The molecule has 71 heavy (non-hydrogen) atoms. The molecule has 372 valence electrons. The van der Waals surface area contributed by atoms with Gasteiger partial charge in [-0.3, -0.25) is 24.1 Å². The third-order valence-electron chi connectivity index (χ3n) is 12.5. The van der Waals surface area contributed by atoms with Gasteiger partial charge in [-0.1, -0.05) is 75.4 Å². The van der Waals surface area contributed by atoms with Gasteiger partial charge >= 0.3 is 0 Å². The molecule has 3 atom stereocenters. The number of benzene rings is 4. The van der Waals surface area contributed by atoms with Crippen molar-refractivity contribution in [3.63, 3.8) is 0 Å². The highest BCUT2D eigenvalue weighted by molar-refractivity contribution is 7.81. The molecule has 0 radical (unpaired) electrons. The molecule has 0 aliphatic carbocycles. The second-order valence-electron chi connectivity index (χ2n) is 19.3. The minimum absolute atomic E-state index is 0.0191. The van der Waals surface area contributed by atoms with Gasteiger partial charge in [0.05, 0.1) is 35.4 Å². The number of aliphatic hydroxyl groups excluding tert-OH is 1. The van der Waals surface area contributed by atoms with E-state index in [1.54, 1.807) is 23.5 Å². The van der Waals surface area contributed by atoms with Gasteiger partial charge in [-0.15, -0.1) is 11.3 Å². The minimum Gasteiger partial charge on any atom is -0.491 e. The summed E-state index contributed by atoms with van der Waals surface area (Å²) in [4.78, 5) is 67.9. The van der Waals surface area contributed by atoms with Crippen molar-refractivity contribution in [2.45, 2.75) is 91.6 Å². The summed E-state index contributed by atoms with van der Waals surface area (Å²) in [7, 11) is 0. The van der Waals surface area contributed by atoms with Crippen LogP contribution in [0.25, 0.3) is 26.4 Å². The van der Waals surface area contributed by atoms with Crippen LogP contribution in [0.2, 0.25) is 0 Å². The number of β-amino-alcohol motifs (C(OH)–C–C–N with tert-alkyl or cyclic N) is 1. The van der Waals surface area contributed by atoms with E-state index in [0.29, 0.717) is 48.5 Å². The smallest absolute Gasteiger partial charge is 0.259 e. The monoisotopic (exact) mass is 999 g/mol. The number of hydrogen-bond acceptors (Lipinski definition) is 11. The first-order valence-corrected chi connectivity index (χ1v) is 24.9. The van der Waals surface area contributed by atoms with Gasteiger partial charge in [0.1, 0.15) is 36.6 Å². The first kappa shape index (κ1) is 52.3. The standard InChI is InChI=1S/C54H61N7O8S2/c1-34-27-41(21-22-44(34)55-8)60-51(66)54(6,7)61(52(60)70)40-19-17-37(18-20-40)39-11-9-12-43(28-39)69-26-25-67-23-10-24-68-32-46(63)58-48(53(3,4)5)50(65)59-31-42(62)29-45(59)49(64)56-30-36-13-15-38(16-14-36)47-35(2)57-33-71-47/h9,11-22,27-28,33,42,45,48,62H,10,23-26,29-32H2,1-7H3,(H,56,64)(H,58,63)/t42-,45+,48-/m1/s1. The Labute approximate surface area is 424 Å². The lowest BCUT2D eigenvalue weighted by molar-refractivity contribution is -0.144. The Kier molecular flexibility index (Phi) is 16.7.